The van der Waals surface area contributed by atoms with E-state index >= 15 is 0 Å². The molecule has 1 radical (unpaired) electrons. The average molecular weight is 160 g/mol. The molecule has 2 nitrogen and oxygen atoms in total. The lowest BCUT2D eigenvalue weighted by Gasteiger charge is -2.06. The number of benzene rings is 1. The number of hydrogen-bond donors (Lipinski definition) is 0. The Morgan fingerprint density at radius 2 is 2.00 bits per heavy atom. The molecule has 1 unspecified atom stereocenters. The molecular weight excluding hydrogens is 150 g/mol. The van der Waals surface area contributed by atoms with Gasteiger partial charge in [0, 0.05) is 6.42 Å². The van der Waals surface area contributed by atoms with Crippen LogP contribution in [-0.2, 0) is 4.79 Å². The number of carbonyl (C=O) groups is 1. The van der Waals surface area contributed by atoms with E-state index in [2.05, 4.69) is 5.32 Å². The lowest BCUT2D eigenvalue weighted by atomic mass is 10.1. The second-order valence-electron chi connectivity index (χ2n) is 2.99. The summed E-state index contributed by atoms with van der Waals surface area (Å²) in [4.78, 5) is 10.9. The number of hydrogen-bond acceptors (Lipinski definition) is 1. The fourth-order valence-electron chi connectivity index (χ4n) is 1.48. The van der Waals surface area contributed by atoms with Crippen LogP contribution in [0.5, 0.6) is 0 Å². The van der Waals surface area contributed by atoms with E-state index in [1.807, 2.05) is 30.3 Å². The summed E-state index contributed by atoms with van der Waals surface area (Å²) in [5, 5.41) is 4.02. The van der Waals surface area contributed by atoms with E-state index < -0.39 is 0 Å². The number of nitrogens with zero attached hydrogens (tertiary/aromatic N) is 1. The highest BCUT2D eigenvalue weighted by Gasteiger charge is 2.23. The summed E-state index contributed by atoms with van der Waals surface area (Å²) >= 11 is 0. The van der Waals surface area contributed by atoms with Gasteiger partial charge in [-0.25, -0.2) is 5.32 Å². The molecule has 1 aromatic carbocycles. The van der Waals surface area contributed by atoms with Gasteiger partial charge in [-0.3, -0.25) is 4.79 Å². The van der Waals surface area contributed by atoms with Crippen molar-refractivity contribution in [3.05, 3.63) is 35.9 Å². The van der Waals surface area contributed by atoms with Crippen LogP contribution in [-0.4, -0.2) is 5.91 Å². The van der Waals surface area contributed by atoms with Crippen molar-refractivity contribution in [2.75, 3.05) is 0 Å². The highest BCUT2D eigenvalue weighted by atomic mass is 16.1. The Morgan fingerprint density at radius 3 is 2.58 bits per heavy atom. The molecule has 61 valence electrons. The predicted molar refractivity (Wildman–Crippen MR) is 45.6 cm³/mol. The maximum atomic E-state index is 10.9. The number of carbonyl (C=O) groups excluding carboxylic acids is 1. The summed E-state index contributed by atoms with van der Waals surface area (Å²) in [6, 6.07) is 10.1. The highest BCUT2D eigenvalue weighted by molar-refractivity contribution is 5.78. The molecule has 1 amide bonds. The summed E-state index contributed by atoms with van der Waals surface area (Å²) in [7, 11) is 0. The molecule has 1 saturated heterocycles. The molecule has 1 atom stereocenters. The molecule has 0 aliphatic carbocycles. The van der Waals surface area contributed by atoms with Crippen LogP contribution in [0.4, 0.5) is 0 Å². The van der Waals surface area contributed by atoms with Gasteiger partial charge < -0.3 is 0 Å². The van der Waals surface area contributed by atoms with E-state index in [9.17, 15) is 4.79 Å². The van der Waals surface area contributed by atoms with Crippen molar-refractivity contribution in [2.24, 2.45) is 0 Å². The first-order chi connectivity index (χ1) is 5.86. The highest BCUT2D eigenvalue weighted by Crippen LogP contribution is 2.24. The topological polar surface area (TPSA) is 31.2 Å². The standard InChI is InChI=1S/C10H10NO/c12-10-7-6-9(11-10)8-4-2-1-3-5-8/h1-5,9H,6-7H2. The molecular formula is C10H10NO. The van der Waals surface area contributed by atoms with Crippen LogP contribution in [0.1, 0.15) is 24.4 Å². The molecule has 1 aliphatic heterocycles. The minimum absolute atomic E-state index is 0.0452. The number of rotatable bonds is 1. The molecule has 0 saturated carbocycles. The molecule has 1 heterocycles. The lowest BCUT2D eigenvalue weighted by Crippen LogP contribution is -2.09. The van der Waals surface area contributed by atoms with Crippen molar-refractivity contribution < 1.29 is 4.79 Å². The molecule has 1 aliphatic rings. The van der Waals surface area contributed by atoms with Gasteiger partial charge in [-0.15, -0.1) is 0 Å². The van der Waals surface area contributed by atoms with Crippen LogP contribution in [0.2, 0.25) is 0 Å². The maximum absolute atomic E-state index is 10.9. The fourth-order valence-corrected chi connectivity index (χ4v) is 1.48. The monoisotopic (exact) mass is 160 g/mol. The zero-order valence-corrected chi connectivity index (χ0v) is 6.73. The molecule has 2 heteroatoms. The van der Waals surface area contributed by atoms with Gasteiger partial charge in [0.2, 0.25) is 5.91 Å². The van der Waals surface area contributed by atoms with Crippen molar-refractivity contribution in [3.8, 4) is 0 Å². The van der Waals surface area contributed by atoms with Crippen LogP contribution >= 0.6 is 0 Å². The third kappa shape index (κ3) is 1.33. The normalized spacial score (nSPS) is 22.3. The molecule has 12 heavy (non-hydrogen) atoms. The van der Waals surface area contributed by atoms with E-state index in [0.29, 0.717) is 6.42 Å². The second-order valence-corrected chi connectivity index (χ2v) is 2.99. The zero-order valence-electron chi connectivity index (χ0n) is 6.73. The van der Waals surface area contributed by atoms with Gasteiger partial charge in [-0.05, 0) is 12.0 Å². The van der Waals surface area contributed by atoms with Crippen LogP contribution < -0.4 is 5.32 Å². The van der Waals surface area contributed by atoms with Gasteiger partial charge in [-0.2, -0.15) is 0 Å². The summed E-state index contributed by atoms with van der Waals surface area (Å²) in [5.74, 6) is 0.0452. The summed E-state index contributed by atoms with van der Waals surface area (Å²) < 4.78 is 0. The predicted octanol–water partition coefficient (Wildman–Crippen LogP) is 1.65. The first kappa shape index (κ1) is 7.35. The first-order valence-electron chi connectivity index (χ1n) is 4.15. The molecule has 0 bridgehead atoms. The lowest BCUT2D eigenvalue weighted by molar-refractivity contribution is -0.119. The van der Waals surface area contributed by atoms with Gasteiger partial charge in [0.05, 0.1) is 6.04 Å². The quantitative estimate of drug-likeness (QED) is 0.614. The average Bonchev–Trinajstić information content (AvgIpc) is 2.54. The van der Waals surface area contributed by atoms with E-state index in [4.69, 9.17) is 0 Å². The Hall–Kier alpha value is -1.31. The Bertz CT molecular complexity index is 281. The second kappa shape index (κ2) is 2.97. The Balaban J connectivity index is 2.16. The van der Waals surface area contributed by atoms with Crippen LogP contribution in [0, 0.1) is 0 Å². The Morgan fingerprint density at radius 1 is 1.25 bits per heavy atom. The van der Waals surface area contributed by atoms with Crippen molar-refractivity contribution in [1.82, 2.24) is 5.32 Å². The number of amides is 1. The Kier molecular flexibility index (Phi) is 1.82. The largest absolute Gasteiger partial charge is 0.273 e. The van der Waals surface area contributed by atoms with Crippen LogP contribution in [0.25, 0.3) is 0 Å². The summed E-state index contributed by atoms with van der Waals surface area (Å²) in [6.07, 6.45) is 1.49. The molecule has 2 rings (SSSR count). The SMILES string of the molecule is O=C1CCC(c2ccccc2)[N]1. The van der Waals surface area contributed by atoms with Gasteiger partial charge >= 0.3 is 0 Å². The zero-order chi connectivity index (χ0) is 8.39. The minimum atomic E-state index is 0.0452. The van der Waals surface area contributed by atoms with E-state index in [1.54, 1.807) is 0 Å². The van der Waals surface area contributed by atoms with E-state index in [1.165, 1.54) is 0 Å². The van der Waals surface area contributed by atoms with E-state index in [0.717, 1.165) is 12.0 Å². The van der Waals surface area contributed by atoms with Crippen molar-refractivity contribution in [2.45, 2.75) is 18.9 Å². The van der Waals surface area contributed by atoms with Crippen molar-refractivity contribution in [1.29, 1.82) is 0 Å². The van der Waals surface area contributed by atoms with E-state index in [-0.39, 0.29) is 11.9 Å². The fraction of sp³-hybridized carbons (Fsp3) is 0.300. The van der Waals surface area contributed by atoms with Crippen LogP contribution in [0.3, 0.4) is 0 Å². The van der Waals surface area contributed by atoms with Gasteiger partial charge in [0.15, 0.2) is 0 Å². The first-order valence-corrected chi connectivity index (χ1v) is 4.15. The maximum Gasteiger partial charge on any atom is 0.241 e. The van der Waals surface area contributed by atoms with Gasteiger partial charge in [-0.1, -0.05) is 30.3 Å². The Labute approximate surface area is 71.6 Å². The smallest absolute Gasteiger partial charge is 0.241 e. The minimum Gasteiger partial charge on any atom is -0.273 e. The van der Waals surface area contributed by atoms with Gasteiger partial charge in [0.25, 0.3) is 0 Å². The molecule has 1 fully saturated rings. The molecule has 0 N–H and O–H groups in total. The molecule has 0 aromatic heterocycles. The van der Waals surface area contributed by atoms with Crippen LogP contribution in [0.15, 0.2) is 30.3 Å². The van der Waals surface area contributed by atoms with Gasteiger partial charge in [0.1, 0.15) is 0 Å². The molecule has 1 aromatic rings. The third-order valence-corrected chi connectivity index (χ3v) is 2.12. The third-order valence-electron chi connectivity index (χ3n) is 2.12. The summed E-state index contributed by atoms with van der Waals surface area (Å²) in [6.45, 7) is 0. The van der Waals surface area contributed by atoms with Crippen molar-refractivity contribution in [3.63, 3.8) is 0 Å². The summed E-state index contributed by atoms with van der Waals surface area (Å²) in [5.41, 5.74) is 1.16. The molecule has 0 spiro atoms. The van der Waals surface area contributed by atoms with Crippen molar-refractivity contribution >= 4 is 5.91 Å².